The number of amides is 1. The fraction of sp³-hybridized carbons (Fsp3) is 0.368. The Morgan fingerprint density at radius 3 is 2.44 bits per heavy atom. The van der Waals surface area contributed by atoms with E-state index in [4.69, 9.17) is 0 Å². The Labute approximate surface area is 181 Å². The van der Waals surface area contributed by atoms with Crippen LogP contribution in [-0.2, 0) is 26.6 Å². The maximum atomic E-state index is 13.1. The molecule has 13 heteroatoms. The molecule has 1 fully saturated rings. The second kappa shape index (κ2) is 8.82. The minimum absolute atomic E-state index is 0.0347. The molecule has 1 unspecified atom stereocenters. The predicted molar refractivity (Wildman–Crippen MR) is 105 cm³/mol. The van der Waals surface area contributed by atoms with Crippen molar-refractivity contribution in [2.45, 2.75) is 30.1 Å². The Bertz CT molecular complexity index is 1110. The molecule has 0 radical (unpaired) electrons. The Morgan fingerprint density at radius 1 is 1.19 bits per heavy atom. The van der Waals surface area contributed by atoms with Gasteiger partial charge in [-0.15, -0.1) is 13.2 Å². The van der Waals surface area contributed by atoms with E-state index in [1.807, 2.05) is 0 Å². The summed E-state index contributed by atoms with van der Waals surface area (Å²) in [5, 5.41) is 2.51. The van der Waals surface area contributed by atoms with Gasteiger partial charge >= 0.3 is 12.3 Å². The number of sulfonamides is 1. The van der Waals surface area contributed by atoms with Crippen molar-refractivity contribution in [2.24, 2.45) is 7.05 Å². The third-order valence-corrected chi connectivity index (χ3v) is 6.72. The van der Waals surface area contributed by atoms with Gasteiger partial charge in [-0.2, -0.15) is 4.31 Å². The van der Waals surface area contributed by atoms with Crippen molar-refractivity contribution in [2.75, 3.05) is 19.0 Å². The first-order valence-electron chi connectivity index (χ1n) is 9.35. The minimum atomic E-state index is -4.84. The topological polar surface area (TPSA) is 107 Å². The molecular formula is C19H20F3N3O6S. The molecule has 1 atom stereocenters. The molecule has 2 heterocycles. The number of aryl methyl sites for hydroxylation is 1. The number of nitrogens with one attached hydrogen (secondary N) is 1. The molecule has 0 saturated carbocycles. The SMILES string of the molecule is COC(=O)c1cc(S(=O)(=O)N2CCCC2C(=O)Nc2ccc(OC(F)(F)F)cc2)cn1C. The van der Waals surface area contributed by atoms with Gasteiger partial charge in [0.05, 0.1) is 7.11 Å². The minimum Gasteiger partial charge on any atom is -0.464 e. The molecule has 9 nitrogen and oxygen atoms in total. The zero-order valence-electron chi connectivity index (χ0n) is 17.0. The number of esters is 1. The van der Waals surface area contributed by atoms with Gasteiger partial charge in [-0.3, -0.25) is 4.79 Å². The van der Waals surface area contributed by atoms with E-state index in [-0.39, 0.29) is 29.2 Å². The van der Waals surface area contributed by atoms with Crippen LogP contribution in [0.2, 0.25) is 0 Å². The Hall–Kier alpha value is -3.06. The zero-order valence-corrected chi connectivity index (χ0v) is 17.9. The smallest absolute Gasteiger partial charge is 0.464 e. The molecule has 3 rings (SSSR count). The summed E-state index contributed by atoms with van der Waals surface area (Å²) >= 11 is 0. The first kappa shape index (κ1) is 23.6. The highest BCUT2D eigenvalue weighted by Crippen LogP contribution is 2.29. The molecule has 32 heavy (non-hydrogen) atoms. The first-order valence-corrected chi connectivity index (χ1v) is 10.8. The van der Waals surface area contributed by atoms with Gasteiger partial charge in [-0.1, -0.05) is 0 Å². The maximum Gasteiger partial charge on any atom is 0.573 e. The van der Waals surface area contributed by atoms with E-state index < -0.39 is 40.1 Å². The molecule has 1 aliphatic heterocycles. The number of aromatic nitrogens is 1. The zero-order chi connectivity index (χ0) is 23.7. The second-order valence-electron chi connectivity index (χ2n) is 7.00. The summed E-state index contributed by atoms with van der Waals surface area (Å²) in [7, 11) is -1.43. The molecule has 0 aliphatic carbocycles. The maximum absolute atomic E-state index is 13.1. The van der Waals surface area contributed by atoms with Crippen LogP contribution >= 0.6 is 0 Å². The number of alkyl halides is 3. The molecule has 0 bridgehead atoms. The number of rotatable bonds is 6. The van der Waals surface area contributed by atoms with Crippen LogP contribution in [0, 0.1) is 0 Å². The fourth-order valence-electron chi connectivity index (χ4n) is 3.37. The molecule has 1 aliphatic rings. The summed E-state index contributed by atoms with van der Waals surface area (Å²) in [6, 6.07) is 4.65. The number of nitrogens with zero attached hydrogens (tertiary/aromatic N) is 2. The Kier molecular flexibility index (Phi) is 6.51. The molecule has 1 aromatic carbocycles. The highest BCUT2D eigenvalue weighted by atomic mass is 32.2. The van der Waals surface area contributed by atoms with Crippen molar-refractivity contribution in [1.82, 2.24) is 8.87 Å². The van der Waals surface area contributed by atoms with Gasteiger partial charge in [-0.25, -0.2) is 13.2 Å². The lowest BCUT2D eigenvalue weighted by atomic mass is 10.2. The molecule has 1 amide bonds. The van der Waals surface area contributed by atoms with Gasteiger partial charge in [0.15, 0.2) is 0 Å². The average Bonchev–Trinajstić information content (AvgIpc) is 3.35. The number of halogens is 3. The molecular weight excluding hydrogens is 455 g/mol. The van der Waals surface area contributed by atoms with Crippen LogP contribution in [0.4, 0.5) is 18.9 Å². The number of carbonyl (C=O) groups excluding carboxylic acids is 2. The van der Waals surface area contributed by atoms with Crippen molar-refractivity contribution < 1.29 is 40.7 Å². The first-order chi connectivity index (χ1) is 14.9. The summed E-state index contributed by atoms with van der Waals surface area (Å²) in [5.74, 6) is -1.78. The van der Waals surface area contributed by atoms with E-state index in [1.54, 1.807) is 0 Å². The van der Waals surface area contributed by atoms with Gasteiger partial charge in [0.1, 0.15) is 22.4 Å². The number of ether oxygens (including phenoxy) is 2. The van der Waals surface area contributed by atoms with E-state index in [0.717, 1.165) is 16.4 Å². The molecule has 1 saturated heterocycles. The van der Waals surface area contributed by atoms with Crippen LogP contribution in [0.1, 0.15) is 23.3 Å². The standard InChI is InChI=1S/C19H20F3N3O6S/c1-24-11-14(10-16(24)18(27)30-2)32(28,29)25-9-3-4-15(25)17(26)23-12-5-7-13(8-6-12)31-19(20,21)22/h5-8,10-11,15H,3-4,9H2,1-2H3,(H,23,26). The lowest BCUT2D eigenvalue weighted by molar-refractivity contribution is -0.274. The molecule has 2 aromatic rings. The summed E-state index contributed by atoms with van der Waals surface area (Å²) in [4.78, 5) is 24.4. The van der Waals surface area contributed by atoms with Crippen LogP contribution in [0.5, 0.6) is 5.75 Å². The summed E-state index contributed by atoms with van der Waals surface area (Å²) in [5.41, 5.74) is 0.217. The third kappa shape index (κ3) is 5.05. The number of hydrogen-bond acceptors (Lipinski definition) is 6. The van der Waals surface area contributed by atoms with Gasteiger partial charge in [-0.05, 0) is 43.2 Å². The highest BCUT2D eigenvalue weighted by molar-refractivity contribution is 7.89. The largest absolute Gasteiger partial charge is 0.573 e. The van der Waals surface area contributed by atoms with E-state index in [2.05, 4.69) is 14.8 Å². The van der Waals surface area contributed by atoms with Gasteiger partial charge < -0.3 is 19.4 Å². The molecule has 1 N–H and O–H groups in total. The molecule has 0 spiro atoms. The number of carbonyl (C=O) groups is 2. The summed E-state index contributed by atoms with van der Waals surface area (Å²) in [6.45, 7) is 0.0984. The number of benzene rings is 1. The third-order valence-electron chi connectivity index (χ3n) is 4.84. The quantitative estimate of drug-likeness (QED) is 0.644. The van der Waals surface area contributed by atoms with Crippen molar-refractivity contribution >= 4 is 27.6 Å². The Balaban J connectivity index is 1.76. The van der Waals surface area contributed by atoms with Gasteiger partial charge in [0.25, 0.3) is 0 Å². The van der Waals surface area contributed by atoms with Crippen LogP contribution in [0.15, 0.2) is 41.4 Å². The van der Waals surface area contributed by atoms with E-state index in [9.17, 15) is 31.2 Å². The van der Waals surface area contributed by atoms with E-state index >= 15 is 0 Å². The normalized spacial score (nSPS) is 17.2. The second-order valence-corrected chi connectivity index (χ2v) is 8.89. The van der Waals surface area contributed by atoms with Gasteiger partial charge in [0.2, 0.25) is 15.9 Å². The van der Waals surface area contributed by atoms with E-state index in [0.29, 0.717) is 6.42 Å². The average molecular weight is 475 g/mol. The van der Waals surface area contributed by atoms with Crippen molar-refractivity contribution in [3.8, 4) is 5.75 Å². The molecule has 1 aromatic heterocycles. The van der Waals surface area contributed by atoms with Gasteiger partial charge in [0, 0.05) is 25.5 Å². The number of anilines is 1. The number of hydrogen-bond donors (Lipinski definition) is 1. The van der Waals surface area contributed by atoms with Crippen LogP contribution < -0.4 is 10.1 Å². The Morgan fingerprint density at radius 2 is 1.84 bits per heavy atom. The predicted octanol–water partition coefficient (Wildman–Crippen LogP) is 2.50. The fourth-order valence-corrected chi connectivity index (χ4v) is 5.10. The van der Waals surface area contributed by atoms with Crippen molar-refractivity contribution in [1.29, 1.82) is 0 Å². The lowest BCUT2D eigenvalue weighted by Gasteiger charge is -2.23. The van der Waals surface area contributed by atoms with E-state index in [1.165, 1.54) is 43.1 Å². The summed E-state index contributed by atoms with van der Waals surface area (Å²) < 4.78 is 73.8. The highest BCUT2D eigenvalue weighted by Gasteiger charge is 2.40. The van der Waals surface area contributed by atoms with Crippen LogP contribution in [0.25, 0.3) is 0 Å². The lowest BCUT2D eigenvalue weighted by Crippen LogP contribution is -2.43. The summed E-state index contributed by atoms with van der Waals surface area (Å²) in [6.07, 6.45) is -2.88. The molecule has 174 valence electrons. The van der Waals surface area contributed by atoms with Crippen LogP contribution in [-0.4, -0.2) is 55.2 Å². The van der Waals surface area contributed by atoms with Crippen molar-refractivity contribution in [3.05, 3.63) is 42.2 Å². The van der Waals surface area contributed by atoms with Crippen molar-refractivity contribution in [3.63, 3.8) is 0 Å². The monoisotopic (exact) mass is 475 g/mol. The van der Waals surface area contributed by atoms with Crippen LogP contribution in [0.3, 0.4) is 0 Å². The number of methoxy groups -OCH3 is 1.